The maximum Gasteiger partial charge on any atom is 0.327 e. The zero-order valence-corrected chi connectivity index (χ0v) is 13.5. The Labute approximate surface area is 137 Å². The molecule has 2 aromatic carbocycles. The maximum atomic E-state index is 10.5. The van der Waals surface area contributed by atoms with Gasteiger partial charge in [-0.25, -0.2) is 4.79 Å². The van der Waals surface area contributed by atoms with E-state index in [1.807, 2.05) is 48.5 Å². The van der Waals surface area contributed by atoms with Gasteiger partial charge in [-0.1, -0.05) is 42.5 Å². The molecule has 4 heteroatoms. The molecular weight excluding hydrogens is 379 g/mol. The van der Waals surface area contributed by atoms with Crippen LogP contribution in [0.25, 0.3) is 0 Å². The molecule has 0 radical (unpaired) electrons. The van der Waals surface area contributed by atoms with E-state index in [0.717, 1.165) is 26.5 Å². The smallest absolute Gasteiger partial charge is 0.327 e. The summed E-state index contributed by atoms with van der Waals surface area (Å²) in [6.07, 6.45) is 3.31. The van der Waals surface area contributed by atoms with E-state index in [-0.39, 0.29) is 0 Å². The normalized spacial score (nSPS) is 10.7. The molecule has 3 nitrogen and oxygen atoms in total. The zero-order valence-electron chi connectivity index (χ0n) is 11.3. The Balaban J connectivity index is 2.09. The van der Waals surface area contributed by atoms with Crippen LogP contribution in [0.1, 0.15) is 11.1 Å². The molecule has 0 saturated heterocycles. The molecule has 0 aliphatic heterocycles. The first-order valence-corrected chi connectivity index (χ1v) is 7.57. The molecule has 0 aliphatic carbocycles. The Bertz CT molecular complexity index is 636. The highest BCUT2D eigenvalue weighted by Gasteiger charge is 2.04. The number of ether oxygens (including phenoxy) is 1. The minimum Gasteiger partial charge on any atom is -0.489 e. The number of halogens is 1. The molecule has 0 atom stereocenters. The summed E-state index contributed by atoms with van der Waals surface area (Å²) in [5.74, 6) is -0.145. The topological polar surface area (TPSA) is 46.5 Å². The number of rotatable bonds is 6. The van der Waals surface area contributed by atoms with Crippen LogP contribution in [0.2, 0.25) is 0 Å². The summed E-state index contributed by atoms with van der Waals surface area (Å²) in [4.78, 5) is 10.5. The van der Waals surface area contributed by atoms with Gasteiger partial charge in [0.25, 0.3) is 0 Å². The Morgan fingerprint density at radius 3 is 2.67 bits per heavy atom. The van der Waals surface area contributed by atoms with Crippen molar-refractivity contribution in [1.29, 1.82) is 0 Å². The molecule has 0 bridgehead atoms. The lowest BCUT2D eigenvalue weighted by atomic mass is 10.1. The highest BCUT2D eigenvalue weighted by molar-refractivity contribution is 14.1. The van der Waals surface area contributed by atoms with Crippen LogP contribution in [0.5, 0.6) is 5.75 Å². The summed E-state index contributed by atoms with van der Waals surface area (Å²) in [6, 6.07) is 15.9. The predicted molar refractivity (Wildman–Crippen MR) is 90.4 cm³/mol. The van der Waals surface area contributed by atoms with Crippen LogP contribution in [0.3, 0.4) is 0 Å². The van der Waals surface area contributed by atoms with Crippen molar-refractivity contribution in [2.45, 2.75) is 13.0 Å². The van der Waals surface area contributed by atoms with Gasteiger partial charge in [0.15, 0.2) is 0 Å². The van der Waals surface area contributed by atoms with Crippen LogP contribution >= 0.6 is 22.6 Å². The zero-order chi connectivity index (χ0) is 15.1. The number of aliphatic carboxylic acids is 1. The molecule has 21 heavy (non-hydrogen) atoms. The van der Waals surface area contributed by atoms with E-state index < -0.39 is 5.97 Å². The van der Waals surface area contributed by atoms with Gasteiger partial charge in [-0.05, 0) is 52.3 Å². The summed E-state index contributed by atoms with van der Waals surface area (Å²) in [5, 5.41) is 8.64. The first kappa shape index (κ1) is 15.6. The summed E-state index contributed by atoms with van der Waals surface area (Å²) in [5.41, 5.74) is 2.08. The van der Waals surface area contributed by atoms with E-state index in [0.29, 0.717) is 13.0 Å². The largest absolute Gasteiger partial charge is 0.489 e. The SMILES string of the molecule is O=C(O)/C=C/Cc1ccc(I)cc1OCc1ccccc1. The molecule has 1 N–H and O–H groups in total. The van der Waals surface area contributed by atoms with Crippen molar-refractivity contribution in [3.05, 3.63) is 75.4 Å². The Morgan fingerprint density at radius 1 is 1.19 bits per heavy atom. The number of hydrogen-bond donors (Lipinski definition) is 1. The van der Waals surface area contributed by atoms with Gasteiger partial charge in [-0.15, -0.1) is 0 Å². The molecule has 0 aromatic heterocycles. The summed E-state index contributed by atoms with van der Waals surface area (Å²) in [7, 11) is 0. The lowest BCUT2D eigenvalue weighted by Crippen LogP contribution is -1.99. The van der Waals surface area contributed by atoms with Crippen molar-refractivity contribution in [2.75, 3.05) is 0 Å². The van der Waals surface area contributed by atoms with Gasteiger partial charge in [0.05, 0.1) is 0 Å². The second kappa shape index (κ2) is 7.83. The molecule has 0 amide bonds. The minimum absolute atomic E-state index is 0.497. The number of benzene rings is 2. The standard InChI is InChI=1S/C17H15IO3/c18-15-10-9-14(7-4-8-17(19)20)16(11-15)21-12-13-5-2-1-3-6-13/h1-6,8-11H,7,12H2,(H,19,20)/b8-4+. The minimum atomic E-state index is -0.938. The second-order valence-electron chi connectivity index (χ2n) is 4.47. The molecule has 0 aliphatic rings. The Kier molecular flexibility index (Phi) is 5.80. The lowest BCUT2D eigenvalue weighted by Gasteiger charge is -2.11. The molecule has 0 spiro atoms. The number of carboxylic acids is 1. The van der Waals surface area contributed by atoms with Crippen LogP contribution in [0.4, 0.5) is 0 Å². The van der Waals surface area contributed by atoms with Crippen LogP contribution in [0.15, 0.2) is 60.7 Å². The summed E-state index contributed by atoms with van der Waals surface area (Å²) < 4.78 is 6.96. The molecule has 0 heterocycles. The summed E-state index contributed by atoms with van der Waals surface area (Å²) in [6.45, 7) is 0.497. The third kappa shape index (κ3) is 5.23. The molecular formula is C17H15IO3. The predicted octanol–water partition coefficient (Wildman–Crippen LogP) is 4.05. The Hall–Kier alpha value is -1.82. The number of allylic oxidation sites excluding steroid dienone is 1. The molecule has 108 valence electrons. The van der Waals surface area contributed by atoms with E-state index >= 15 is 0 Å². The number of carboxylic acid groups (broad SMARTS) is 1. The van der Waals surface area contributed by atoms with E-state index in [4.69, 9.17) is 9.84 Å². The van der Waals surface area contributed by atoms with Crippen LogP contribution < -0.4 is 4.74 Å². The van der Waals surface area contributed by atoms with Gasteiger partial charge in [0.1, 0.15) is 12.4 Å². The fourth-order valence-corrected chi connectivity index (χ4v) is 2.32. The average Bonchev–Trinajstić information content (AvgIpc) is 2.48. The maximum absolute atomic E-state index is 10.5. The number of carbonyl (C=O) groups is 1. The highest BCUT2D eigenvalue weighted by atomic mass is 127. The van der Waals surface area contributed by atoms with Crippen LogP contribution in [-0.4, -0.2) is 11.1 Å². The van der Waals surface area contributed by atoms with E-state index in [9.17, 15) is 4.79 Å². The van der Waals surface area contributed by atoms with Crippen molar-refractivity contribution in [2.24, 2.45) is 0 Å². The van der Waals surface area contributed by atoms with Crippen molar-refractivity contribution in [3.63, 3.8) is 0 Å². The monoisotopic (exact) mass is 394 g/mol. The van der Waals surface area contributed by atoms with E-state index in [1.165, 1.54) is 0 Å². The quantitative estimate of drug-likeness (QED) is 0.594. The van der Waals surface area contributed by atoms with Gasteiger partial charge in [0, 0.05) is 9.65 Å². The van der Waals surface area contributed by atoms with Crippen molar-refractivity contribution in [3.8, 4) is 5.75 Å². The van der Waals surface area contributed by atoms with Crippen molar-refractivity contribution >= 4 is 28.6 Å². The van der Waals surface area contributed by atoms with Gasteiger partial charge in [-0.2, -0.15) is 0 Å². The second-order valence-corrected chi connectivity index (χ2v) is 5.72. The van der Waals surface area contributed by atoms with Crippen molar-refractivity contribution in [1.82, 2.24) is 0 Å². The third-order valence-corrected chi connectivity index (χ3v) is 3.54. The Morgan fingerprint density at radius 2 is 1.95 bits per heavy atom. The molecule has 2 aromatic rings. The lowest BCUT2D eigenvalue weighted by molar-refractivity contribution is -0.131. The third-order valence-electron chi connectivity index (χ3n) is 2.86. The molecule has 0 unspecified atom stereocenters. The van der Waals surface area contributed by atoms with Gasteiger partial charge < -0.3 is 9.84 Å². The molecule has 0 saturated carbocycles. The first-order valence-electron chi connectivity index (χ1n) is 6.50. The summed E-state index contributed by atoms with van der Waals surface area (Å²) >= 11 is 2.23. The van der Waals surface area contributed by atoms with Crippen LogP contribution in [0, 0.1) is 3.57 Å². The molecule has 0 fully saturated rings. The molecule has 2 rings (SSSR count). The number of hydrogen-bond acceptors (Lipinski definition) is 2. The van der Waals surface area contributed by atoms with E-state index in [2.05, 4.69) is 22.6 Å². The van der Waals surface area contributed by atoms with Gasteiger partial charge >= 0.3 is 5.97 Å². The van der Waals surface area contributed by atoms with E-state index in [1.54, 1.807) is 6.08 Å². The fourth-order valence-electron chi connectivity index (χ4n) is 1.85. The van der Waals surface area contributed by atoms with Gasteiger partial charge in [0.2, 0.25) is 0 Å². The van der Waals surface area contributed by atoms with Crippen LogP contribution in [-0.2, 0) is 17.8 Å². The fraction of sp³-hybridized carbons (Fsp3) is 0.118. The first-order chi connectivity index (χ1) is 10.1. The van der Waals surface area contributed by atoms with Crippen molar-refractivity contribution < 1.29 is 14.6 Å². The average molecular weight is 394 g/mol. The highest BCUT2D eigenvalue weighted by Crippen LogP contribution is 2.23. The van der Waals surface area contributed by atoms with Gasteiger partial charge in [-0.3, -0.25) is 0 Å².